The van der Waals surface area contributed by atoms with Gasteiger partial charge in [-0.15, -0.1) is 0 Å². The first-order chi connectivity index (χ1) is 16.6. The third-order valence-corrected chi connectivity index (χ3v) is 7.81. The van der Waals surface area contributed by atoms with Gasteiger partial charge in [-0.2, -0.15) is 0 Å². The summed E-state index contributed by atoms with van der Waals surface area (Å²) in [4.78, 5) is 15.7. The van der Waals surface area contributed by atoms with Crippen molar-refractivity contribution in [3.8, 4) is 0 Å². The third kappa shape index (κ3) is 4.08. The van der Waals surface area contributed by atoms with Gasteiger partial charge in [0.25, 0.3) is 15.9 Å². The molecule has 1 amide bonds. The van der Waals surface area contributed by atoms with Crippen LogP contribution in [0.2, 0.25) is 0 Å². The number of para-hydroxylation sites is 2. The second kappa shape index (κ2) is 9.15. The Morgan fingerprint density at radius 3 is 2.15 bits per heavy atom. The summed E-state index contributed by atoms with van der Waals surface area (Å²) in [5, 5.41) is 0. The smallest absolute Gasteiger partial charge is 0.264 e. The number of hydrogen-bond acceptors (Lipinski definition) is 3. The Kier molecular flexibility index (Phi) is 5.90. The molecule has 4 aromatic rings. The maximum atomic E-state index is 13.8. The molecule has 0 saturated carbocycles. The minimum Gasteiger partial charge on any atom is -0.308 e. The molecule has 170 valence electrons. The molecule has 1 aliphatic rings. The number of hydrogen-bond donors (Lipinski definition) is 0. The molecule has 0 radical (unpaired) electrons. The van der Waals surface area contributed by atoms with Crippen molar-refractivity contribution >= 4 is 27.3 Å². The summed E-state index contributed by atoms with van der Waals surface area (Å²) in [5.74, 6) is -0.207. The average Bonchev–Trinajstić information content (AvgIpc) is 3.32. The number of carbonyl (C=O) groups is 1. The molecule has 5 nitrogen and oxygen atoms in total. The number of anilines is 2. The van der Waals surface area contributed by atoms with Crippen LogP contribution >= 0.6 is 0 Å². The van der Waals surface area contributed by atoms with Gasteiger partial charge in [0.1, 0.15) is 0 Å². The molecule has 4 aromatic carbocycles. The van der Waals surface area contributed by atoms with Gasteiger partial charge in [-0.05, 0) is 47.9 Å². The van der Waals surface area contributed by atoms with Gasteiger partial charge >= 0.3 is 0 Å². The summed E-state index contributed by atoms with van der Waals surface area (Å²) in [6, 6.07) is 32.5. The molecule has 1 heterocycles. The lowest BCUT2D eigenvalue weighted by atomic mass is 10.1. The summed E-state index contributed by atoms with van der Waals surface area (Å²) in [7, 11) is -3.93. The van der Waals surface area contributed by atoms with E-state index in [-0.39, 0.29) is 17.3 Å². The molecule has 0 aromatic heterocycles. The molecule has 0 atom stereocenters. The van der Waals surface area contributed by atoms with E-state index in [1.807, 2.05) is 54.6 Å². The first-order valence-electron chi connectivity index (χ1n) is 11.2. The fourth-order valence-electron chi connectivity index (χ4n) is 4.34. The Labute approximate surface area is 199 Å². The van der Waals surface area contributed by atoms with Crippen molar-refractivity contribution in [1.82, 2.24) is 0 Å². The zero-order chi connectivity index (χ0) is 23.5. The van der Waals surface area contributed by atoms with Crippen LogP contribution in [0.1, 0.15) is 21.5 Å². The van der Waals surface area contributed by atoms with Crippen molar-refractivity contribution in [3.63, 3.8) is 0 Å². The monoisotopic (exact) mass is 468 g/mol. The van der Waals surface area contributed by atoms with Crippen LogP contribution < -0.4 is 9.21 Å². The van der Waals surface area contributed by atoms with Crippen LogP contribution in [-0.2, 0) is 23.0 Å². The minimum atomic E-state index is -3.93. The number of nitrogens with zero attached hydrogens (tertiary/aromatic N) is 2. The van der Waals surface area contributed by atoms with E-state index >= 15 is 0 Å². The molecule has 6 heteroatoms. The molecule has 0 fully saturated rings. The van der Waals surface area contributed by atoms with Gasteiger partial charge in [-0.1, -0.05) is 78.9 Å². The largest absolute Gasteiger partial charge is 0.308 e. The fraction of sp³-hybridized carbons (Fsp3) is 0.107. The van der Waals surface area contributed by atoms with Crippen LogP contribution in [0.3, 0.4) is 0 Å². The van der Waals surface area contributed by atoms with Crippen molar-refractivity contribution < 1.29 is 13.2 Å². The molecular weight excluding hydrogens is 444 g/mol. The van der Waals surface area contributed by atoms with Crippen molar-refractivity contribution in [3.05, 3.63) is 126 Å². The van der Waals surface area contributed by atoms with Crippen molar-refractivity contribution in [2.75, 3.05) is 15.7 Å². The highest BCUT2D eigenvalue weighted by molar-refractivity contribution is 7.92. The van der Waals surface area contributed by atoms with Gasteiger partial charge in [0.15, 0.2) is 0 Å². The number of carbonyl (C=O) groups excluding carboxylic acids is 1. The highest BCUT2D eigenvalue weighted by Crippen LogP contribution is 2.33. The summed E-state index contributed by atoms with van der Waals surface area (Å²) in [6.45, 7) is 0.676. The van der Waals surface area contributed by atoms with Gasteiger partial charge in [-0.3, -0.25) is 9.10 Å². The highest BCUT2D eigenvalue weighted by Gasteiger charge is 2.32. The Morgan fingerprint density at radius 1 is 0.765 bits per heavy atom. The second-order valence-electron chi connectivity index (χ2n) is 8.16. The fourth-order valence-corrected chi connectivity index (χ4v) is 5.83. The lowest BCUT2D eigenvalue weighted by Gasteiger charge is -2.28. The van der Waals surface area contributed by atoms with Gasteiger partial charge < -0.3 is 4.90 Å². The third-order valence-electron chi connectivity index (χ3n) is 6.04. The molecule has 0 unspecified atom stereocenters. The number of amides is 1. The van der Waals surface area contributed by atoms with Crippen molar-refractivity contribution in [2.45, 2.75) is 17.9 Å². The average molecular weight is 469 g/mol. The summed E-state index contributed by atoms with van der Waals surface area (Å²) in [5.41, 5.74) is 3.55. The van der Waals surface area contributed by atoms with Gasteiger partial charge in [-0.25, -0.2) is 8.42 Å². The summed E-state index contributed by atoms with van der Waals surface area (Å²) in [6.07, 6.45) is 0.778. The molecule has 0 spiro atoms. The van der Waals surface area contributed by atoms with Crippen LogP contribution in [0, 0.1) is 0 Å². The van der Waals surface area contributed by atoms with E-state index in [0.717, 1.165) is 23.2 Å². The SMILES string of the molecule is O=C(c1ccccc1N(Cc1ccccc1)S(=O)(=O)c1ccccc1)N1CCc2ccccc21. The van der Waals surface area contributed by atoms with Crippen LogP contribution in [-0.4, -0.2) is 20.9 Å². The maximum absolute atomic E-state index is 13.8. The molecule has 34 heavy (non-hydrogen) atoms. The van der Waals surface area contributed by atoms with Gasteiger partial charge in [0, 0.05) is 12.2 Å². The van der Waals surface area contributed by atoms with E-state index in [9.17, 15) is 13.2 Å². The van der Waals surface area contributed by atoms with Crippen LogP contribution in [0.25, 0.3) is 0 Å². The number of rotatable bonds is 6. The van der Waals surface area contributed by atoms with Crippen LogP contribution in [0.4, 0.5) is 11.4 Å². The second-order valence-corrected chi connectivity index (χ2v) is 10.0. The summed E-state index contributed by atoms with van der Waals surface area (Å²) < 4.78 is 29.0. The van der Waals surface area contributed by atoms with E-state index < -0.39 is 10.0 Å². The molecule has 0 bridgehead atoms. The number of fused-ring (bicyclic) bond motifs is 1. The summed E-state index contributed by atoms with van der Waals surface area (Å²) >= 11 is 0. The Balaban J connectivity index is 1.61. The molecular formula is C28H24N2O3S. The van der Waals surface area contributed by atoms with Crippen molar-refractivity contribution in [1.29, 1.82) is 0 Å². The predicted octanol–water partition coefficient (Wildman–Crippen LogP) is 5.29. The van der Waals surface area contributed by atoms with Gasteiger partial charge in [0.2, 0.25) is 0 Å². The standard InChI is InChI=1S/C28H24N2O3S/c31-28(29-20-19-23-13-7-9-17-26(23)29)25-16-8-10-18-27(25)30(21-22-11-3-1-4-12-22)34(32,33)24-14-5-2-6-15-24/h1-18H,19-21H2. The Morgan fingerprint density at radius 2 is 1.38 bits per heavy atom. The normalized spacial score (nSPS) is 12.9. The number of benzene rings is 4. The van der Waals surface area contributed by atoms with E-state index in [1.54, 1.807) is 59.5 Å². The molecule has 0 aliphatic carbocycles. The van der Waals surface area contributed by atoms with E-state index in [1.165, 1.54) is 4.31 Å². The zero-order valence-electron chi connectivity index (χ0n) is 18.5. The molecule has 0 saturated heterocycles. The quantitative estimate of drug-likeness (QED) is 0.387. The molecule has 5 rings (SSSR count). The lowest BCUT2D eigenvalue weighted by Crippen LogP contribution is -2.35. The molecule has 1 aliphatic heterocycles. The highest BCUT2D eigenvalue weighted by atomic mass is 32.2. The minimum absolute atomic E-state index is 0.110. The van der Waals surface area contributed by atoms with Gasteiger partial charge in [0.05, 0.1) is 22.7 Å². The van der Waals surface area contributed by atoms with E-state index in [2.05, 4.69) is 0 Å². The zero-order valence-corrected chi connectivity index (χ0v) is 19.4. The van der Waals surface area contributed by atoms with Crippen molar-refractivity contribution in [2.24, 2.45) is 0 Å². The first kappa shape index (κ1) is 21.9. The van der Waals surface area contributed by atoms with Crippen LogP contribution in [0.5, 0.6) is 0 Å². The Bertz CT molecular complexity index is 1420. The topological polar surface area (TPSA) is 57.7 Å². The Hall–Kier alpha value is -3.90. The van der Waals surface area contributed by atoms with E-state index in [0.29, 0.717) is 17.8 Å². The predicted molar refractivity (Wildman–Crippen MR) is 135 cm³/mol. The molecule has 0 N–H and O–H groups in total. The first-order valence-corrected chi connectivity index (χ1v) is 12.6. The lowest BCUT2D eigenvalue weighted by molar-refractivity contribution is 0.0990. The number of sulfonamides is 1. The van der Waals surface area contributed by atoms with E-state index in [4.69, 9.17) is 0 Å². The van der Waals surface area contributed by atoms with Crippen LogP contribution in [0.15, 0.2) is 114 Å². The maximum Gasteiger partial charge on any atom is 0.264 e.